The molecular weight excluding hydrogens is 473 g/mol. The predicted octanol–water partition coefficient (Wildman–Crippen LogP) is 3.43. The van der Waals surface area contributed by atoms with Crippen LogP contribution in [0.1, 0.15) is 5.56 Å². The van der Waals surface area contributed by atoms with Crippen LogP contribution < -0.4 is 22.1 Å². The molecule has 0 spiro atoms. The Kier molecular flexibility index (Phi) is 7.04. The third-order valence-electron chi connectivity index (χ3n) is 6.68. The number of amides is 2. The van der Waals surface area contributed by atoms with Gasteiger partial charge in [0.25, 0.3) is 0 Å². The number of benzene rings is 3. The number of anilines is 3. The molecule has 2 heterocycles. The summed E-state index contributed by atoms with van der Waals surface area (Å²) in [6, 6.07) is 16.7. The van der Waals surface area contributed by atoms with Crippen molar-refractivity contribution < 1.29 is 13.9 Å². The molecule has 0 saturated carbocycles. The summed E-state index contributed by atoms with van der Waals surface area (Å²) in [7, 11) is 0. The van der Waals surface area contributed by atoms with Crippen LogP contribution in [0.25, 0.3) is 22.0 Å². The molecule has 9 nitrogen and oxygen atoms in total. The number of rotatable bonds is 7. The monoisotopic (exact) mass is 503 g/mol. The van der Waals surface area contributed by atoms with Crippen molar-refractivity contribution in [2.24, 2.45) is 11.5 Å². The summed E-state index contributed by atoms with van der Waals surface area (Å²) in [4.78, 5) is 15.8. The lowest BCUT2D eigenvalue weighted by atomic mass is 10.0. The van der Waals surface area contributed by atoms with Crippen molar-refractivity contribution in [3.8, 4) is 11.1 Å². The van der Waals surface area contributed by atoms with E-state index >= 15 is 0 Å². The second-order valence-corrected chi connectivity index (χ2v) is 8.97. The van der Waals surface area contributed by atoms with Crippen molar-refractivity contribution in [2.75, 3.05) is 43.5 Å². The van der Waals surface area contributed by atoms with Crippen molar-refractivity contribution >= 4 is 34.1 Å². The van der Waals surface area contributed by atoms with Gasteiger partial charge in [-0.3, -0.25) is 14.5 Å². The van der Waals surface area contributed by atoms with E-state index in [4.69, 9.17) is 21.9 Å². The molecule has 1 saturated heterocycles. The van der Waals surface area contributed by atoms with Crippen LogP contribution in [0.3, 0.4) is 0 Å². The molecule has 3 aromatic carbocycles. The molecule has 1 aliphatic rings. The summed E-state index contributed by atoms with van der Waals surface area (Å²) < 4.78 is 22.0. The van der Waals surface area contributed by atoms with E-state index in [2.05, 4.69) is 10.00 Å². The Morgan fingerprint density at radius 3 is 2.51 bits per heavy atom. The van der Waals surface area contributed by atoms with E-state index in [1.807, 2.05) is 35.0 Å². The van der Waals surface area contributed by atoms with Gasteiger partial charge in [-0.1, -0.05) is 30.3 Å². The summed E-state index contributed by atoms with van der Waals surface area (Å²) in [5.41, 5.74) is 21.6. The first-order chi connectivity index (χ1) is 18.0. The summed E-state index contributed by atoms with van der Waals surface area (Å²) in [6.07, 6.45) is 0. The number of nitrogens with zero attached hydrogens (tertiary/aromatic N) is 4. The molecule has 37 heavy (non-hydrogen) atoms. The largest absolute Gasteiger partial charge is 0.382 e. The number of carbonyl (C=O) groups excluding carboxylic acids is 1. The Labute approximate surface area is 214 Å². The number of primary amides is 1. The molecule has 6 N–H and O–H groups in total. The Morgan fingerprint density at radius 1 is 1.05 bits per heavy atom. The van der Waals surface area contributed by atoms with E-state index in [0.29, 0.717) is 17.1 Å². The minimum absolute atomic E-state index is 0.0519. The van der Waals surface area contributed by atoms with Crippen molar-refractivity contribution in [3.05, 3.63) is 72.0 Å². The van der Waals surface area contributed by atoms with Gasteiger partial charge >= 0.3 is 6.03 Å². The first kappa shape index (κ1) is 24.7. The molecule has 1 aliphatic heterocycles. The highest BCUT2D eigenvalue weighted by atomic mass is 19.1. The maximum Gasteiger partial charge on any atom is 0.323 e. The highest BCUT2D eigenvalue weighted by Crippen LogP contribution is 2.35. The van der Waals surface area contributed by atoms with Crippen LogP contribution >= 0.6 is 0 Å². The maximum absolute atomic E-state index is 14.6. The average Bonchev–Trinajstić information content (AvgIpc) is 3.25. The first-order valence-electron chi connectivity index (χ1n) is 12.2. The first-order valence-corrected chi connectivity index (χ1v) is 12.2. The van der Waals surface area contributed by atoms with E-state index in [0.717, 1.165) is 66.3 Å². The molecule has 1 aromatic heterocycles. The highest BCUT2D eigenvalue weighted by molar-refractivity contribution is 6.03. The fraction of sp³-hybridized carbons (Fsp3) is 0.259. The number of nitrogens with two attached hydrogens (primary N) is 3. The fourth-order valence-electron chi connectivity index (χ4n) is 4.76. The molecule has 10 heteroatoms. The van der Waals surface area contributed by atoms with Gasteiger partial charge < -0.3 is 21.9 Å². The molecule has 1 fully saturated rings. The molecule has 4 aromatic rings. The number of morpholine rings is 1. The summed E-state index contributed by atoms with van der Waals surface area (Å²) in [6.45, 7) is 5.12. The van der Waals surface area contributed by atoms with Gasteiger partial charge in [-0.05, 0) is 47.0 Å². The molecule has 2 amide bonds. The second-order valence-electron chi connectivity index (χ2n) is 8.97. The lowest BCUT2D eigenvalue weighted by Gasteiger charge is -2.26. The Morgan fingerprint density at radius 2 is 1.81 bits per heavy atom. The molecule has 0 bridgehead atoms. The lowest BCUT2D eigenvalue weighted by Crippen LogP contribution is -2.38. The Bertz CT molecular complexity index is 1410. The predicted molar refractivity (Wildman–Crippen MR) is 143 cm³/mol. The Balaban J connectivity index is 1.45. The zero-order chi connectivity index (χ0) is 25.9. The minimum atomic E-state index is -0.797. The summed E-state index contributed by atoms with van der Waals surface area (Å²) >= 11 is 0. The van der Waals surface area contributed by atoms with E-state index in [1.54, 1.807) is 18.2 Å². The van der Waals surface area contributed by atoms with Crippen molar-refractivity contribution in [1.82, 2.24) is 14.7 Å². The standard InChI is InChI=1S/C27H30FN7O2/c28-22-9-4-18(17-29)16-24(22)35(27(31)36)20-7-5-19(6-8-20)21-2-1-3-23-25(21)26(30)32-34(23)11-10-33-12-14-37-15-13-33/h1-9,16H,10-15,17,29H2,(H2,30,32)(H2,31,36). The van der Waals surface area contributed by atoms with Gasteiger partial charge in [0, 0.05) is 26.2 Å². The van der Waals surface area contributed by atoms with Crippen LogP contribution in [-0.2, 0) is 17.8 Å². The van der Waals surface area contributed by atoms with Crippen LogP contribution in [-0.4, -0.2) is 53.6 Å². The van der Waals surface area contributed by atoms with E-state index in [1.165, 1.54) is 12.1 Å². The van der Waals surface area contributed by atoms with Crippen LogP contribution in [0.2, 0.25) is 0 Å². The number of halogens is 1. The average molecular weight is 504 g/mol. The summed E-state index contributed by atoms with van der Waals surface area (Å²) in [5.74, 6) is -0.113. The number of urea groups is 1. The Hall–Kier alpha value is -3.99. The third kappa shape index (κ3) is 4.99. The number of fused-ring (bicyclic) bond motifs is 1. The number of ether oxygens (including phenoxy) is 1. The second kappa shape index (κ2) is 10.6. The van der Waals surface area contributed by atoms with Crippen molar-refractivity contribution in [2.45, 2.75) is 13.1 Å². The van der Waals surface area contributed by atoms with Gasteiger partial charge in [-0.25, -0.2) is 9.18 Å². The number of carbonyl (C=O) groups is 1. The minimum Gasteiger partial charge on any atom is -0.382 e. The normalized spacial score (nSPS) is 14.2. The number of hydrogen-bond donors (Lipinski definition) is 3. The van der Waals surface area contributed by atoms with Gasteiger partial charge in [0.15, 0.2) is 5.82 Å². The van der Waals surface area contributed by atoms with Crippen molar-refractivity contribution in [1.29, 1.82) is 0 Å². The van der Waals surface area contributed by atoms with E-state index < -0.39 is 11.8 Å². The van der Waals surface area contributed by atoms with Gasteiger partial charge in [0.1, 0.15) is 5.82 Å². The molecule has 5 rings (SSSR count). The molecule has 0 aliphatic carbocycles. The van der Waals surface area contributed by atoms with Gasteiger partial charge in [0.05, 0.1) is 42.0 Å². The van der Waals surface area contributed by atoms with Gasteiger partial charge in [-0.15, -0.1) is 0 Å². The number of hydrogen-bond acceptors (Lipinski definition) is 6. The van der Waals surface area contributed by atoms with E-state index in [-0.39, 0.29) is 12.2 Å². The fourth-order valence-corrected chi connectivity index (χ4v) is 4.76. The third-order valence-corrected chi connectivity index (χ3v) is 6.68. The molecule has 0 radical (unpaired) electrons. The number of nitrogen functional groups attached to an aromatic ring is 1. The number of aromatic nitrogens is 2. The van der Waals surface area contributed by atoms with E-state index in [9.17, 15) is 9.18 Å². The highest BCUT2D eigenvalue weighted by Gasteiger charge is 2.20. The van der Waals surface area contributed by atoms with Gasteiger partial charge in [0.2, 0.25) is 0 Å². The van der Waals surface area contributed by atoms with Crippen LogP contribution in [0.4, 0.5) is 26.4 Å². The van der Waals surface area contributed by atoms with Crippen LogP contribution in [0, 0.1) is 5.82 Å². The zero-order valence-corrected chi connectivity index (χ0v) is 20.4. The van der Waals surface area contributed by atoms with Crippen LogP contribution in [0.15, 0.2) is 60.7 Å². The quantitative estimate of drug-likeness (QED) is 0.354. The molecule has 192 valence electrons. The smallest absolute Gasteiger partial charge is 0.323 e. The van der Waals surface area contributed by atoms with Crippen LogP contribution in [0.5, 0.6) is 0 Å². The zero-order valence-electron chi connectivity index (χ0n) is 20.4. The SMILES string of the molecule is NCc1ccc(F)c(N(C(N)=O)c2ccc(-c3cccc4c3c(N)nn4CCN3CCOCC3)cc2)c1. The van der Waals surface area contributed by atoms with Gasteiger partial charge in [-0.2, -0.15) is 5.10 Å². The molecule has 0 atom stereocenters. The lowest BCUT2D eigenvalue weighted by molar-refractivity contribution is 0.0361. The maximum atomic E-state index is 14.6. The topological polar surface area (TPSA) is 129 Å². The molecule has 0 unspecified atom stereocenters. The van der Waals surface area contributed by atoms with Crippen molar-refractivity contribution in [3.63, 3.8) is 0 Å². The summed E-state index contributed by atoms with van der Waals surface area (Å²) in [5, 5.41) is 5.48. The molecular formula is C27H30FN7O2.